The number of pyridine rings is 2. The van der Waals surface area contributed by atoms with Crippen molar-refractivity contribution in [2.75, 3.05) is 0 Å². The van der Waals surface area contributed by atoms with Crippen molar-refractivity contribution in [2.45, 2.75) is 25.4 Å². The minimum absolute atomic E-state index is 0.302. The monoisotopic (exact) mass is 561 g/mol. The number of hydrogen-bond acceptors (Lipinski definition) is 3. The predicted molar refractivity (Wildman–Crippen MR) is 170 cm³/mol. The summed E-state index contributed by atoms with van der Waals surface area (Å²) in [5.41, 5.74) is 7.54. The molecule has 0 saturated heterocycles. The fourth-order valence-corrected chi connectivity index (χ4v) is 6.61. The molecular weight excluding hydrogens is 533 g/mol. The molecule has 208 valence electrons. The highest BCUT2D eigenvalue weighted by molar-refractivity contribution is 6.11. The number of aromatic nitrogens is 3. The van der Waals surface area contributed by atoms with Gasteiger partial charge in [-0.2, -0.15) is 0 Å². The molecule has 4 heterocycles. The lowest BCUT2D eigenvalue weighted by Crippen LogP contribution is -2.24. The van der Waals surface area contributed by atoms with Gasteiger partial charge in [-0.1, -0.05) is 68.4 Å². The molecule has 43 heavy (non-hydrogen) atoms. The summed E-state index contributed by atoms with van der Waals surface area (Å²) < 4.78 is 24.8. The summed E-state index contributed by atoms with van der Waals surface area (Å²) in [6.07, 6.45) is 2.26. The van der Waals surface area contributed by atoms with E-state index in [-0.39, 0.29) is 5.41 Å². The number of para-hydroxylation sites is 1. The first kappa shape index (κ1) is 25.4. The molecule has 0 amide bonds. The van der Waals surface area contributed by atoms with Gasteiger partial charge in [0.05, 0.1) is 11.2 Å². The Hall–Kier alpha value is -5.29. The van der Waals surface area contributed by atoms with Crippen LogP contribution in [0.4, 0.5) is 4.39 Å². The van der Waals surface area contributed by atoms with E-state index in [1.807, 2.05) is 91.1 Å². The summed E-state index contributed by atoms with van der Waals surface area (Å²) in [4.78, 5) is 9.27. The normalized spacial score (nSPS) is 14.2. The van der Waals surface area contributed by atoms with E-state index in [1.54, 1.807) is 6.20 Å². The highest BCUT2D eigenvalue weighted by Gasteiger charge is 2.37. The Labute approximate surface area is 249 Å². The van der Waals surface area contributed by atoms with Crippen LogP contribution < -0.4 is 4.74 Å². The van der Waals surface area contributed by atoms with Crippen molar-refractivity contribution < 1.29 is 9.13 Å². The second kappa shape index (κ2) is 9.63. The lowest BCUT2D eigenvalue weighted by atomic mass is 9.74. The average Bonchev–Trinajstić information content (AvgIpc) is 3.39. The molecule has 4 aromatic carbocycles. The Bertz CT molecular complexity index is 2170. The molecule has 0 saturated carbocycles. The summed E-state index contributed by atoms with van der Waals surface area (Å²) in [5, 5.41) is 2.14. The molecule has 1 aliphatic heterocycles. The molecule has 1 atom stereocenters. The lowest BCUT2D eigenvalue weighted by Gasteiger charge is -2.35. The third-order valence-corrected chi connectivity index (χ3v) is 8.62. The van der Waals surface area contributed by atoms with Gasteiger partial charge < -0.3 is 4.74 Å². The fourth-order valence-electron chi connectivity index (χ4n) is 6.61. The average molecular weight is 562 g/mol. The quantitative estimate of drug-likeness (QED) is 0.215. The first-order valence-electron chi connectivity index (χ1n) is 14.5. The number of rotatable bonds is 4. The molecular formula is C38H28FN3O. The lowest BCUT2D eigenvalue weighted by molar-refractivity contribution is 0.402. The van der Waals surface area contributed by atoms with Crippen molar-refractivity contribution in [3.05, 3.63) is 150 Å². The summed E-state index contributed by atoms with van der Waals surface area (Å²) in [6.45, 7) is 4.50. The van der Waals surface area contributed by atoms with Crippen LogP contribution >= 0.6 is 0 Å². The van der Waals surface area contributed by atoms with Gasteiger partial charge >= 0.3 is 0 Å². The van der Waals surface area contributed by atoms with Gasteiger partial charge in [0, 0.05) is 51.0 Å². The van der Waals surface area contributed by atoms with E-state index < -0.39 is 6.17 Å². The van der Waals surface area contributed by atoms with Gasteiger partial charge in [-0.25, -0.2) is 9.37 Å². The number of alkyl halides is 1. The van der Waals surface area contributed by atoms with E-state index in [0.717, 1.165) is 61.5 Å². The van der Waals surface area contributed by atoms with E-state index in [1.165, 1.54) is 0 Å². The standard InChI is InChI=1S/C38H28FN3O/c1-38(2)29-15-3-4-17-32(29)43-33-19-18-31-34(35(33)38)28-14-9-21-41-37(28)42(31)27-13-8-12-26(23-27)36(39)25-11-7-10-24(22-25)30-16-5-6-20-40-30/h3-23,36H,1-2H3. The third kappa shape index (κ3) is 3.96. The van der Waals surface area contributed by atoms with Crippen molar-refractivity contribution in [3.8, 4) is 28.4 Å². The fraction of sp³-hybridized carbons (Fsp3) is 0.105. The van der Waals surface area contributed by atoms with Crippen molar-refractivity contribution in [1.82, 2.24) is 14.5 Å². The number of halogens is 1. The maximum absolute atomic E-state index is 16.2. The number of ether oxygens (including phenoxy) is 1. The van der Waals surface area contributed by atoms with E-state index in [9.17, 15) is 0 Å². The van der Waals surface area contributed by atoms with Gasteiger partial charge in [0.25, 0.3) is 0 Å². The van der Waals surface area contributed by atoms with Crippen LogP contribution in [0.25, 0.3) is 38.9 Å². The van der Waals surface area contributed by atoms with Gasteiger partial charge in [-0.3, -0.25) is 9.55 Å². The first-order valence-corrected chi connectivity index (χ1v) is 14.5. The van der Waals surface area contributed by atoms with Crippen LogP contribution in [0.5, 0.6) is 11.5 Å². The molecule has 0 radical (unpaired) electrons. The Balaban J connectivity index is 1.29. The van der Waals surface area contributed by atoms with Crippen LogP contribution in [0.15, 0.2) is 128 Å². The molecule has 1 aliphatic rings. The van der Waals surface area contributed by atoms with Gasteiger partial charge in [0.2, 0.25) is 0 Å². The molecule has 0 bridgehead atoms. The second-order valence-electron chi connectivity index (χ2n) is 11.6. The van der Waals surface area contributed by atoms with Crippen LogP contribution in [0.1, 0.15) is 42.3 Å². The van der Waals surface area contributed by atoms with E-state index >= 15 is 4.39 Å². The SMILES string of the molecule is CC1(C)c2ccccc2Oc2ccc3c(c21)c1cccnc1n3-c1cccc(C(F)c2cccc(-c3ccccn3)c2)c1. The smallest absolute Gasteiger partial charge is 0.150 e. The highest BCUT2D eigenvalue weighted by atomic mass is 19.1. The molecule has 8 rings (SSSR count). The molecule has 4 nitrogen and oxygen atoms in total. The largest absolute Gasteiger partial charge is 0.457 e. The topological polar surface area (TPSA) is 39.9 Å². The van der Waals surface area contributed by atoms with Gasteiger partial charge in [0.15, 0.2) is 6.17 Å². The molecule has 0 aliphatic carbocycles. The van der Waals surface area contributed by atoms with E-state index in [2.05, 4.69) is 53.7 Å². The predicted octanol–water partition coefficient (Wildman–Crippen LogP) is 9.73. The summed E-state index contributed by atoms with van der Waals surface area (Å²) in [5.74, 6) is 1.74. The molecule has 0 fully saturated rings. The Morgan fingerprint density at radius 2 is 1.51 bits per heavy atom. The van der Waals surface area contributed by atoms with Gasteiger partial charge in [0.1, 0.15) is 17.1 Å². The number of benzene rings is 4. The maximum atomic E-state index is 16.2. The number of fused-ring (bicyclic) bond motifs is 6. The third-order valence-electron chi connectivity index (χ3n) is 8.62. The molecule has 0 N–H and O–H groups in total. The van der Waals surface area contributed by atoms with Crippen LogP contribution in [0, 0.1) is 0 Å². The van der Waals surface area contributed by atoms with Crippen LogP contribution in [-0.2, 0) is 5.41 Å². The van der Waals surface area contributed by atoms with Gasteiger partial charge in [-0.15, -0.1) is 0 Å². The Kier molecular flexibility index (Phi) is 5.70. The number of nitrogens with zero attached hydrogens (tertiary/aromatic N) is 3. The van der Waals surface area contributed by atoms with Crippen LogP contribution in [-0.4, -0.2) is 14.5 Å². The van der Waals surface area contributed by atoms with Crippen LogP contribution in [0.3, 0.4) is 0 Å². The van der Waals surface area contributed by atoms with Crippen molar-refractivity contribution >= 4 is 21.9 Å². The van der Waals surface area contributed by atoms with E-state index in [4.69, 9.17) is 9.72 Å². The maximum Gasteiger partial charge on any atom is 0.150 e. The first-order chi connectivity index (χ1) is 21.0. The van der Waals surface area contributed by atoms with Gasteiger partial charge in [-0.05, 0) is 71.8 Å². The highest BCUT2D eigenvalue weighted by Crippen LogP contribution is 2.52. The van der Waals surface area contributed by atoms with Crippen molar-refractivity contribution in [2.24, 2.45) is 0 Å². The second-order valence-corrected chi connectivity index (χ2v) is 11.6. The van der Waals surface area contributed by atoms with Crippen LogP contribution in [0.2, 0.25) is 0 Å². The van der Waals surface area contributed by atoms with E-state index in [0.29, 0.717) is 11.1 Å². The van der Waals surface area contributed by atoms with Crippen molar-refractivity contribution in [1.29, 1.82) is 0 Å². The molecule has 5 heteroatoms. The molecule has 1 unspecified atom stereocenters. The minimum atomic E-state index is -1.30. The molecule has 0 spiro atoms. The summed E-state index contributed by atoms with van der Waals surface area (Å²) in [6, 6.07) is 37.5. The summed E-state index contributed by atoms with van der Waals surface area (Å²) in [7, 11) is 0. The Morgan fingerprint density at radius 1 is 0.721 bits per heavy atom. The summed E-state index contributed by atoms with van der Waals surface area (Å²) >= 11 is 0. The zero-order chi connectivity index (χ0) is 29.1. The minimum Gasteiger partial charge on any atom is -0.457 e. The zero-order valence-corrected chi connectivity index (χ0v) is 23.8. The van der Waals surface area contributed by atoms with Crippen molar-refractivity contribution in [3.63, 3.8) is 0 Å². The zero-order valence-electron chi connectivity index (χ0n) is 23.8. The Morgan fingerprint density at radius 3 is 2.37 bits per heavy atom. The molecule has 3 aromatic heterocycles. The molecule has 7 aromatic rings. The number of hydrogen-bond donors (Lipinski definition) is 0.